The van der Waals surface area contributed by atoms with E-state index in [1.165, 1.54) is 6.07 Å². The number of carbonyl (C=O) groups excluding carboxylic acids is 1. The SMILES string of the molecule is CCc1c(CF)nc2c(c1NC(=O)N=S(N)(=O)c1cc(C(C)(C)O)cs1)CCC2. The minimum Gasteiger partial charge on any atom is -0.386 e. The lowest BCUT2D eigenvalue weighted by Crippen LogP contribution is -2.19. The number of hydrogen-bond donors (Lipinski definition) is 3. The number of thiophene rings is 1. The summed E-state index contributed by atoms with van der Waals surface area (Å²) in [5.74, 6) is 0. The van der Waals surface area contributed by atoms with Gasteiger partial charge in [0.2, 0.25) is 0 Å². The Kier molecular flexibility index (Phi) is 6.09. The molecule has 4 N–H and O–H groups in total. The van der Waals surface area contributed by atoms with Gasteiger partial charge in [-0.05, 0) is 62.1 Å². The molecule has 10 heteroatoms. The first-order valence-corrected chi connectivity index (χ1v) is 11.8. The van der Waals surface area contributed by atoms with Crippen LogP contribution in [0.4, 0.5) is 14.9 Å². The van der Waals surface area contributed by atoms with E-state index in [-0.39, 0.29) is 4.21 Å². The summed E-state index contributed by atoms with van der Waals surface area (Å²) in [6.07, 6.45) is 2.83. The number of anilines is 1. The zero-order chi connectivity index (χ0) is 21.4. The van der Waals surface area contributed by atoms with Crippen molar-refractivity contribution in [1.82, 2.24) is 4.98 Å². The number of nitrogens with two attached hydrogens (primary N) is 1. The van der Waals surface area contributed by atoms with Crippen molar-refractivity contribution in [1.29, 1.82) is 0 Å². The fourth-order valence-corrected chi connectivity index (χ4v) is 5.69. The number of hydrogen-bond acceptors (Lipinski definition) is 5. The van der Waals surface area contributed by atoms with Gasteiger partial charge in [-0.1, -0.05) is 6.92 Å². The molecule has 158 valence electrons. The van der Waals surface area contributed by atoms with E-state index in [0.717, 1.165) is 41.9 Å². The molecule has 1 atom stereocenters. The van der Waals surface area contributed by atoms with Gasteiger partial charge in [-0.25, -0.2) is 18.5 Å². The molecule has 7 nitrogen and oxygen atoms in total. The molecule has 1 aliphatic carbocycles. The number of fused-ring (bicyclic) bond motifs is 1. The molecule has 1 unspecified atom stereocenters. The fourth-order valence-electron chi connectivity index (χ4n) is 3.41. The Balaban J connectivity index is 1.96. The molecule has 2 aromatic heterocycles. The number of rotatable bonds is 5. The molecule has 29 heavy (non-hydrogen) atoms. The van der Waals surface area contributed by atoms with Crippen LogP contribution in [0.15, 0.2) is 20.0 Å². The van der Waals surface area contributed by atoms with Crippen LogP contribution in [0.25, 0.3) is 0 Å². The molecule has 0 saturated carbocycles. The maximum atomic E-state index is 13.5. The summed E-state index contributed by atoms with van der Waals surface area (Å²) in [4.78, 5) is 17.0. The number of aromatic nitrogens is 1. The molecule has 1 aliphatic rings. The van der Waals surface area contributed by atoms with Crippen molar-refractivity contribution >= 4 is 33.0 Å². The third-order valence-corrected chi connectivity index (χ3v) is 7.77. The molecular weight excluding hydrogens is 415 g/mol. The summed E-state index contributed by atoms with van der Waals surface area (Å²) in [5.41, 5.74) is 2.53. The zero-order valence-corrected chi connectivity index (χ0v) is 18.3. The van der Waals surface area contributed by atoms with Crippen molar-refractivity contribution < 1.29 is 18.5 Å². The lowest BCUT2D eigenvalue weighted by atomic mass is 10.0. The molecule has 2 aromatic rings. The second-order valence-electron chi connectivity index (χ2n) is 7.48. The van der Waals surface area contributed by atoms with Gasteiger partial charge >= 0.3 is 6.03 Å². The van der Waals surface area contributed by atoms with Crippen molar-refractivity contribution in [3.05, 3.63) is 39.5 Å². The van der Waals surface area contributed by atoms with Crippen molar-refractivity contribution in [3.8, 4) is 0 Å². The van der Waals surface area contributed by atoms with Crippen molar-refractivity contribution in [2.45, 2.75) is 62.9 Å². The predicted octanol–water partition coefficient (Wildman–Crippen LogP) is 3.82. The van der Waals surface area contributed by atoms with E-state index in [0.29, 0.717) is 28.9 Å². The molecular formula is C19H25FN4O3S2. The molecule has 0 aliphatic heterocycles. The van der Waals surface area contributed by atoms with Crippen LogP contribution in [0.1, 0.15) is 55.3 Å². The molecule has 0 spiro atoms. The maximum Gasteiger partial charge on any atom is 0.354 e. The highest BCUT2D eigenvalue weighted by Gasteiger charge is 2.25. The topological polar surface area (TPSA) is 118 Å². The normalized spacial score (nSPS) is 15.7. The summed E-state index contributed by atoms with van der Waals surface area (Å²) < 4.78 is 30.2. The Bertz CT molecular complexity index is 1070. The molecule has 3 rings (SSSR count). The van der Waals surface area contributed by atoms with E-state index in [4.69, 9.17) is 5.14 Å². The van der Waals surface area contributed by atoms with Gasteiger partial charge in [-0.2, -0.15) is 0 Å². The minimum atomic E-state index is -3.49. The van der Waals surface area contributed by atoms with Gasteiger partial charge in [0.15, 0.2) is 9.92 Å². The van der Waals surface area contributed by atoms with E-state index in [9.17, 15) is 18.5 Å². The lowest BCUT2D eigenvalue weighted by molar-refractivity contribution is 0.0789. The standard InChI is InChI=1S/C19H25FN4O3S2/c1-4-12-15(9-20)22-14-7-5-6-13(14)17(12)23-18(25)24-29(21,27)16-8-11(10-28-16)19(2,3)26/h8,10,26H,4-7,9H2,1-3H3,(H3,21,22,23,24,25,27). The third kappa shape index (κ3) is 4.50. The average molecular weight is 441 g/mol. The number of amides is 2. The summed E-state index contributed by atoms with van der Waals surface area (Å²) in [5, 5.41) is 20.2. The number of aliphatic hydroxyl groups is 1. The number of pyridine rings is 1. The molecule has 0 fully saturated rings. The third-order valence-electron chi connectivity index (χ3n) is 4.91. The fraction of sp³-hybridized carbons (Fsp3) is 0.474. The number of aryl methyl sites for hydroxylation is 1. The van der Waals surface area contributed by atoms with Gasteiger partial charge in [0.1, 0.15) is 10.9 Å². The van der Waals surface area contributed by atoms with Gasteiger partial charge in [-0.15, -0.1) is 15.7 Å². The highest BCUT2D eigenvalue weighted by Crippen LogP contribution is 2.34. The first kappa shape index (κ1) is 21.8. The van der Waals surface area contributed by atoms with Gasteiger partial charge in [0.25, 0.3) is 0 Å². The smallest absolute Gasteiger partial charge is 0.354 e. The van der Waals surface area contributed by atoms with Crippen LogP contribution in [0.3, 0.4) is 0 Å². The summed E-state index contributed by atoms with van der Waals surface area (Å²) in [6.45, 7) is 4.33. The number of urea groups is 1. The summed E-state index contributed by atoms with van der Waals surface area (Å²) in [6, 6.07) is 0.641. The van der Waals surface area contributed by atoms with E-state index in [1.54, 1.807) is 19.2 Å². The average Bonchev–Trinajstić information content (AvgIpc) is 3.30. The number of nitrogens with one attached hydrogen (secondary N) is 1. The Morgan fingerprint density at radius 2 is 2.21 bits per heavy atom. The van der Waals surface area contributed by atoms with Gasteiger partial charge in [0.05, 0.1) is 17.0 Å². The highest BCUT2D eigenvalue weighted by molar-refractivity contribution is 7.93. The summed E-state index contributed by atoms with van der Waals surface area (Å²) >= 11 is 1.07. The van der Waals surface area contributed by atoms with E-state index in [1.807, 2.05) is 6.92 Å². The van der Waals surface area contributed by atoms with E-state index in [2.05, 4.69) is 14.7 Å². The molecule has 0 radical (unpaired) electrons. The van der Waals surface area contributed by atoms with Gasteiger partial charge in [0, 0.05) is 11.3 Å². The molecule has 2 heterocycles. The van der Waals surface area contributed by atoms with Crippen LogP contribution in [0.2, 0.25) is 0 Å². The minimum absolute atomic E-state index is 0.199. The second kappa shape index (κ2) is 8.10. The molecule has 0 bridgehead atoms. The Morgan fingerprint density at radius 1 is 1.48 bits per heavy atom. The van der Waals surface area contributed by atoms with E-state index >= 15 is 0 Å². The van der Waals surface area contributed by atoms with E-state index < -0.39 is 28.2 Å². The van der Waals surface area contributed by atoms with Crippen molar-refractivity contribution in [2.24, 2.45) is 9.50 Å². The van der Waals surface area contributed by atoms with Crippen LogP contribution in [-0.2, 0) is 41.5 Å². The first-order chi connectivity index (χ1) is 13.6. The number of nitrogens with zero attached hydrogens (tertiary/aromatic N) is 2. The number of alkyl halides is 1. The number of carbonyl (C=O) groups is 1. The predicted molar refractivity (Wildman–Crippen MR) is 112 cm³/mol. The maximum absolute atomic E-state index is 13.5. The van der Waals surface area contributed by atoms with Crippen molar-refractivity contribution in [2.75, 3.05) is 5.32 Å². The lowest BCUT2D eigenvalue weighted by Gasteiger charge is -2.16. The second-order valence-corrected chi connectivity index (χ2v) is 10.4. The Morgan fingerprint density at radius 3 is 2.79 bits per heavy atom. The van der Waals surface area contributed by atoms with Crippen LogP contribution >= 0.6 is 11.3 Å². The monoisotopic (exact) mass is 440 g/mol. The van der Waals surface area contributed by atoms with Crippen LogP contribution < -0.4 is 10.5 Å². The Hall–Kier alpha value is -1.88. The quantitative estimate of drug-likeness (QED) is 0.655. The molecule has 0 saturated heterocycles. The first-order valence-electron chi connectivity index (χ1n) is 9.33. The van der Waals surface area contributed by atoms with Crippen LogP contribution in [0, 0.1) is 0 Å². The number of halogens is 1. The molecule has 2 amide bonds. The van der Waals surface area contributed by atoms with Crippen LogP contribution in [-0.4, -0.2) is 20.3 Å². The summed E-state index contributed by atoms with van der Waals surface area (Å²) in [7, 11) is -3.49. The molecule has 0 aromatic carbocycles. The van der Waals surface area contributed by atoms with Crippen molar-refractivity contribution in [3.63, 3.8) is 0 Å². The largest absolute Gasteiger partial charge is 0.386 e. The Labute approximate surface area is 173 Å². The zero-order valence-electron chi connectivity index (χ0n) is 16.6. The van der Waals surface area contributed by atoms with Gasteiger partial charge < -0.3 is 10.4 Å². The van der Waals surface area contributed by atoms with Gasteiger partial charge in [-0.3, -0.25) is 4.98 Å². The van der Waals surface area contributed by atoms with Crippen LogP contribution in [0.5, 0.6) is 0 Å². The highest BCUT2D eigenvalue weighted by atomic mass is 32.2.